The van der Waals surface area contributed by atoms with E-state index < -0.39 is 0 Å². The lowest BCUT2D eigenvalue weighted by Gasteiger charge is -2.32. The Morgan fingerprint density at radius 3 is 3.00 bits per heavy atom. The topological polar surface area (TPSA) is 28.2 Å². The van der Waals surface area contributed by atoms with E-state index in [2.05, 4.69) is 47.5 Å². The van der Waals surface area contributed by atoms with Gasteiger partial charge in [-0.15, -0.1) is 0 Å². The number of hydrogen-bond donors (Lipinski definition) is 1. The first-order valence-corrected chi connectivity index (χ1v) is 6.17. The first-order valence-electron chi connectivity index (χ1n) is 6.17. The number of rotatable bonds is 1. The fourth-order valence-electron chi connectivity index (χ4n) is 2.37. The monoisotopic (exact) mass is 227 g/mol. The lowest BCUT2D eigenvalue weighted by atomic mass is 10.2. The average molecular weight is 227 g/mol. The van der Waals surface area contributed by atoms with Crippen LogP contribution in [0.4, 0.5) is 5.82 Å². The van der Waals surface area contributed by atoms with Gasteiger partial charge in [-0.25, -0.2) is 4.98 Å². The van der Waals surface area contributed by atoms with Crippen molar-refractivity contribution < 1.29 is 0 Å². The molecule has 1 atom stereocenters. The molecule has 0 aliphatic carbocycles. The van der Waals surface area contributed by atoms with E-state index in [1.807, 2.05) is 6.07 Å². The summed E-state index contributed by atoms with van der Waals surface area (Å²) in [6, 6.07) is 13.1. The number of hydrogen-bond acceptors (Lipinski definition) is 3. The average Bonchev–Trinajstić information content (AvgIpc) is 2.38. The highest BCUT2D eigenvalue weighted by molar-refractivity contribution is 5.80. The Labute approximate surface area is 101 Å². The third-order valence-corrected chi connectivity index (χ3v) is 3.28. The Bertz CT molecular complexity index is 524. The van der Waals surface area contributed by atoms with Crippen LogP contribution in [0.3, 0.4) is 0 Å². The molecule has 1 saturated heterocycles. The first-order chi connectivity index (χ1) is 8.33. The zero-order chi connectivity index (χ0) is 11.7. The molecule has 3 rings (SSSR count). The SMILES string of the molecule is C[C@@H]1CN(c2ccc3ccccc3n2)CCN1. The van der Waals surface area contributed by atoms with Gasteiger partial charge in [0.05, 0.1) is 5.52 Å². The highest BCUT2D eigenvalue weighted by Gasteiger charge is 2.16. The predicted octanol–water partition coefficient (Wildman–Crippen LogP) is 2.03. The molecule has 17 heavy (non-hydrogen) atoms. The number of para-hydroxylation sites is 1. The molecule has 1 aliphatic rings. The number of pyridine rings is 1. The van der Waals surface area contributed by atoms with Gasteiger partial charge in [0.25, 0.3) is 0 Å². The van der Waals surface area contributed by atoms with Crippen LogP contribution >= 0.6 is 0 Å². The fraction of sp³-hybridized carbons (Fsp3) is 0.357. The molecule has 0 amide bonds. The van der Waals surface area contributed by atoms with Gasteiger partial charge in [-0.2, -0.15) is 0 Å². The highest BCUT2D eigenvalue weighted by atomic mass is 15.2. The zero-order valence-electron chi connectivity index (χ0n) is 10.1. The number of anilines is 1. The summed E-state index contributed by atoms with van der Waals surface area (Å²) in [5.41, 5.74) is 1.08. The highest BCUT2D eigenvalue weighted by Crippen LogP contribution is 2.18. The first kappa shape index (κ1) is 10.5. The van der Waals surface area contributed by atoms with Crippen LogP contribution in [-0.4, -0.2) is 30.7 Å². The zero-order valence-corrected chi connectivity index (χ0v) is 10.1. The minimum Gasteiger partial charge on any atom is -0.354 e. The van der Waals surface area contributed by atoms with Crippen molar-refractivity contribution in [1.29, 1.82) is 0 Å². The minimum atomic E-state index is 0.539. The normalized spacial score (nSPS) is 20.8. The Morgan fingerprint density at radius 2 is 2.12 bits per heavy atom. The second kappa shape index (κ2) is 4.34. The van der Waals surface area contributed by atoms with Crippen LogP contribution in [0.1, 0.15) is 6.92 Å². The number of benzene rings is 1. The second-order valence-electron chi connectivity index (χ2n) is 4.66. The molecule has 2 aromatic rings. The van der Waals surface area contributed by atoms with Gasteiger partial charge in [-0.3, -0.25) is 0 Å². The summed E-state index contributed by atoms with van der Waals surface area (Å²) in [7, 11) is 0. The van der Waals surface area contributed by atoms with Gasteiger partial charge in [0.1, 0.15) is 5.82 Å². The van der Waals surface area contributed by atoms with E-state index in [1.165, 1.54) is 5.39 Å². The van der Waals surface area contributed by atoms with Crippen molar-refractivity contribution in [2.75, 3.05) is 24.5 Å². The van der Waals surface area contributed by atoms with Crippen LogP contribution in [0.5, 0.6) is 0 Å². The Kier molecular flexibility index (Phi) is 2.69. The summed E-state index contributed by atoms with van der Waals surface area (Å²) in [5.74, 6) is 1.09. The van der Waals surface area contributed by atoms with Crippen LogP contribution in [0, 0.1) is 0 Å². The maximum Gasteiger partial charge on any atom is 0.129 e. The molecule has 3 nitrogen and oxygen atoms in total. The summed E-state index contributed by atoms with van der Waals surface area (Å²) in [5, 5.41) is 4.66. The number of aromatic nitrogens is 1. The molecule has 0 bridgehead atoms. The Balaban J connectivity index is 1.94. The van der Waals surface area contributed by atoms with Crippen LogP contribution in [0.2, 0.25) is 0 Å². The van der Waals surface area contributed by atoms with Crippen LogP contribution in [0.25, 0.3) is 10.9 Å². The summed E-state index contributed by atoms with van der Waals surface area (Å²) in [6.07, 6.45) is 0. The van der Waals surface area contributed by atoms with Crippen LogP contribution in [0.15, 0.2) is 36.4 Å². The van der Waals surface area contributed by atoms with E-state index in [0.717, 1.165) is 31.0 Å². The summed E-state index contributed by atoms with van der Waals surface area (Å²) in [4.78, 5) is 7.09. The molecule has 0 unspecified atom stereocenters. The van der Waals surface area contributed by atoms with E-state index in [9.17, 15) is 0 Å². The van der Waals surface area contributed by atoms with Gasteiger partial charge in [0, 0.05) is 31.1 Å². The molecule has 1 aromatic carbocycles. The second-order valence-corrected chi connectivity index (χ2v) is 4.66. The molecular weight excluding hydrogens is 210 g/mol. The molecule has 0 spiro atoms. The van der Waals surface area contributed by atoms with Crippen molar-refractivity contribution in [2.24, 2.45) is 0 Å². The Hall–Kier alpha value is -1.61. The number of piperazine rings is 1. The van der Waals surface area contributed by atoms with Crippen LogP contribution < -0.4 is 10.2 Å². The smallest absolute Gasteiger partial charge is 0.129 e. The minimum absolute atomic E-state index is 0.539. The van der Waals surface area contributed by atoms with Crippen LogP contribution in [-0.2, 0) is 0 Å². The molecule has 0 radical (unpaired) electrons. The van der Waals surface area contributed by atoms with Gasteiger partial charge in [0.15, 0.2) is 0 Å². The quantitative estimate of drug-likeness (QED) is 0.808. The lowest BCUT2D eigenvalue weighted by Crippen LogP contribution is -2.49. The van der Waals surface area contributed by atoms with Gasteiger partial charge in [0.2, 0.25) is 0 Å². The molecule has 0 saturated carbocycles. The van der Waals surface area contributed by atoms with Gasteiger partial charge >= 0.3 is 0 Å². The van der Waals surface area contributed by atoms with Crippen molar-refractivity contribution >= 4 is 16.7 Å². The number of nitrogens with one attached hydrogen (secondary N) is 1. The number of fused-ring (bicyclic) bond motifs is 1. The summed E-state index contributed by atoms with van der Waals surface area (Å²) < 4.78 is 0. The van der Waals surface area contributed by atoms with E-state index >= 15 is 0 Å². The third-order valence-electron chi connectivity index (χ3n) is 3.28. The molecule has 1 aromatic heterocycles. The molecule has 1 N–H and O–H groups in total. The van der Waals surface area contributed by atoms with Gasteiger partial charge < -0.3 is 10.2 Å². The Morgan fingerprint density at radius 1 is 1.24 bits per heavy atom. The summed E-state index contributed by atoms with van der Waals surface area (Å²) >= 11 is 0. The van der Waals surface area contributed by atoms with E-state index in [-0.39, 0.29) is 0 Å². The van der Waals surface area contributed by atoms with Crippen molar-refractivity contribution in [2.45, 2.75) is 13.0 Å². The van der Waals surface area contributed by atoms with Gasteiger partial charge in [-0.05, 0) is 25.1 Å². The fourth-order valence-corrected chi connectivity index (χ4v) is 2.37. The molecule has 1 aliphatic heterocycles. The number of nitrogens with zero attached hydrogens (tertiary/aromatic N) is 2. The molecule has 1 fully saturated rings. The van der Waals surface area contributed by atoms with E-state index in [4.69, 9.17) is 4.98 Å². The maximum atomic E-state index is 4.73. The summed E-state index contributed by atoms with van der Waals surface area (Å²) in [6.45, 7) is 5.32. The lowest BCUT2D eigenvalue weighted by molar-refractivity contribution is 0.482. The van der Waals surface area contributed by atoms with Crippen molar-refractivity contribution in [3.8, 4) is 0 Å². The molecular formula is C14H17N3. The maximum absolute atomic E-state index is 4.73. The van der Waals surface area contributed by atoms with Crippen molar-refractivity contribution in [1.82, 2.24) is 10.3 Å². The van der Waals surface area contributed by atoms with E-state index in [1.54, 1.807) is 0 Å². The van der Waals surface area contributed by atoms with Gasteiger partial charge in [-0.1, -0.05) is 18.2 Å². The molecule has 2 heterocycles. The largest absolute Gasteiger partial charge is 0.354 e. The van der Waals surface area contributed by atoms with E-state index in [0.29, 0.717) is 6.04 Å². The van der Waals surface area contributed by atoms with Crippen molar-refractivity contribution in [3.63, 3.8) is 0 Å². The third kappa shape index (κ3) is 2.11. The predicted molar refractivity (Wildman–Crippen MR) is 71.4 cm³/mol. The van der Waals surface area contributed by atoms with Crippen molar-refractivity contribution in [3.05, 3.63) is 36.4 Å². The standard InChI is InChI=1S/C14H17N3/c1-11-10-17(9-8-15-11)14-7-6-12-4-2-3-5-13(12)16-14/h2-7,11,15H,8-10H2,1H3/t11-/m1/s1. The molecule has 3 heteroatoms. The molecule has 88 valence electrons.